The fraction of sp³-hybridized carbons (Fsp3) is 0.619. The van der Waals surface area contributed by atoms with E-state index < -0.39 is 54.7 Å². The third-order valence-corrected chi connectivity index (χ3v) is 41.7. The molecular formula is C42H67NO5Sn2. The van der Waals surface area contributed by atoms with Crippen molar-refractivity contribution in [2.45, 2.75) is 158 Å². The van der Waals surface area contributed by atoms with Gasteiger partial charge >= 0.3 is 315 Å². The third kappa shape index (κ3) is 14.4. The van der Waals surface area contributed by atoms with Crippen LogP contribution in [0.1, 0.15) is 152 Å². The van der Waals surface area contributed by atoms with Crippen LogP contribution in [-0.2, 0) is 14.3 Å². The Bertz CT molecular complexity index is 1200. The monoisotopic (exact) mass is 905 g/mol. The number of rotatable bonds is 25. The number of carbonyl (C=O) groups is 3. The zero-order valence-electron chi connectivity index (χ0n) is 32.3. The Morgan fingerprint density at radius 1 is 0.520 bits per heavy atom. The number of benzene rings is 2. The van der Waals surface area contributed by atoms with E-state index in [1.54, 1.807) is 12.1 Å². The average Bonchev–Trinajstić information content (AvgIpc) is 3.13. The molecule has 0 bridgehead atoms. The van der Waals surface area contributed by atoms with Crippen LogP contribution in [-0.4, -0.2) is 60.6 Å². The number of carbonyl (C=O) groups excluding carboxylic acids is 3. The molecule has 0 atom stereocenters. The van der Waals surface area contributed by atoms with E-state index in [2.05, 4.69) is 53.7 Å². The number of nitrogens with one attached hydrogen (secondary N) is 1. The molecule has 0 aliphatic heterocycles. The van der Waals surface area contributed by atoms with Crippen LogP contribution in [0.4, 0.5) is 0 Å². The Balaban J connectivity index is 2.09. The van der Waals surface area contributed by atoms with Crippen LogP contribution in [0.3, 0.4) is 0 Å². The van der Waals surface area contributed by atoms with Crippen molar-refractivity contribution in [1.82, 2.24) is 0 Å². The molecule has 0 aliphatic carbocycles. The van der Waals surface area contributed by atoms with E-state index in [0.29, 0.717) is 11.1 Å². The standard InChI is InChI=1S/C18H13NO5.6C4H9.2Sn/c19-15(23-17(21)13-7-3-1-4-8-13)11-12-16(20)24-18(22)14-9-5-2-6-10-14;6*1-3-4-2;;/h1-3,5,7-10,19H,11-12H2;6*1,3-4H2,2H3;;. The molecule has 8 heteroatoms. The fourth-order valence-corrected chi connectivity index (χ4v) is 39.4. The van der Waals surface area contributed by atoms with E-state index in [1.807, 2.05) is 24.3 Å². The minimum absolute atomic E-state index is 0.116. The molecular weight excluding hydrogens is 836 g/mol. The quantitative estimate of drug-likeness (QED) is 0.0352. The maximum absolute atomic E-state index is 13.2. The van der Waals surface area contributed by atoms with Crippen LogP contribution in [0.2, 0.25) is 26.6 Å². The molecule has 50 heavy (non-hydrogen) atoms. The molecule has 278 valence electrons. The van der Waals surface area contributed by atoms with Crippen molar-refractivity contribution < 1.29 is 23.9 Å². The average molecular weight is 903 g/mol. The van der Waals surface area contributed by atoms with Crippen molar-refractivity contribution in [1.29, 1.82) is 5.41 Å². The summed E-state index contributed by atoms with van der Waals surface area (Å²) >= 11 is -5.51. The number of unbranched alkanes of at least 4 members (excludes halogenated alkanes) is 6. The van der Waals surface area contributed by atoms with Gasteiger partial charge in [-0.15, -0.1) is 0 Å². The topological polar surface area (TPSA) is 93.5 Å². The molecule has 0 aromatic heterocycles. The van der Waals surface area contributed by atoms with Gasteiger partial charge in [-0.25, -0.2) is 0 Å². The summed E-state index contributed by atoms with van der Waals surface area (Å²) in [6.45, 7) is 13.5. The van der Waals surface area contributed by atoms with Gasteiger partial charge in [-0.1, -0.05) is 0 Å². The van der Waals surface area contributed by atoms with E-state index >= 15 is 0 Å². The first-order chi connectivity index (χ1) is 24.1. The Kier molecular flexibility index (Phi) is 21.8. The van der Waals surface area contributed by atoms with E-state index in [4.69, 9.17) is 14.9 Å². The van der Waals surface area contributed by atoms with E-state index in [1.165, 1.54) is 111 Å². The van der Waals surface area contributed by atoms with Gasteiger partial charge in [-0.05, 0) is 0 Å². The van der Waals surface area contributed by atoms with Gasteiger partial charge < -0.3 is 0 Å². The summed E-state index contributed by atoms with van der Waals surface area (Å²) in [6.07, 6.45) is 14.1. The molecule has 0 fully saturated rings. The van der Waals surface area contributed by atoms with Gasteiger partial charge in [0.05, 0.1) is 0 Å². The summed E-state index contributed by atoms with van der Waals surface area (Å²) in [5.74, 6) is -2.24. The predicted octanol–water partition coefficient (Wildman–Crippen LogP) is 11.1. The summed E-state index contributed by atoms with van der Waals surface area (Å²) in [4.78, 5) is 39.1. The van der Waals surface area contributed by atoms with Gasteiger partial charge in [0.1, 0.15) is 0 Å². The second-order valence-corrected chi connectivity index (χ2v) is 40.9. The number of esters is 3. The van der Waals surface area contributed by atoms with Gasteiger partial charge in [-0.2, -0.15) is 0 Å². The van der Waals surface area contributed by atoms with Crippen LogP contribution in [0, 0.1) is 5.41 Å². The first-order valence-corrected chi connectivity index (χ1v) is 34.9. The molecule has 0 spiro atoms. The van der Waals surface area contributed by atoms with Crippen LogP contribution in [0.15, 0.2) is 48.5 Å². The van der Waals surface area contributed by atoms with Gasteiger partial charge in [-0.3, -0.25) is 0 Å². The molecule has 0 aliphatic rings. The Hall–Kier alpha value is -1.68. The molecule has 0 saturated carbocycles. The fourth-order valence-electron chi connectivity index (χ4n) is 7.31. The van der Waals surface area contributed by atoms with Gasteiger partial charge in [0.2, 0.25) is 0 Å². The summed E-state index contributed by atoms with van der Waals surface area (Å²) in [5, 5.41) is 8.30. The first kappa shape index (κ1) is 44.5. The summed E-state index contributed by atoms with van der Waals surface area (Å²) in [5.41, 5.74) is 0.884. The molecule has 0 saturated heterocycles. The Morgan fingerprint density at radius 2 is 0.860 bits per heavy atom. The van der Waals surface area contributed by atoms with Crippen molar-refractivity contribution in [2.24, 2.45) is 0 Å². The van der Waals surface area contributed by atoms with Crippen LogP contribution < -0.4 is 7.16 Å². The summed E-state index contributed by atoms with van der Waals surface area (Å²) < 4.78 is 21.2. The first-order valence-electron chi connectivity index (χ1n) is 19.9. The van der Waals surface area contributed by atoms with Crippen LogP contribution in [0.5, 0.6) is 0 Å². The third-order valence-electron chi connectivity index (χ3n) is 10.5. The van der Waals surface area contributed by atoms with Gasteiger partial charge in [0.25, 0.3) is 0 Å². The van der Waals surface area contributed by atoms with E-state index in [0.717, 1.165) is 0 Å². The van der Waals surface area contributed by atoms with Crippen LogP contribution >= 0.6 is 0 Å². The van der Waals surface area contributed by atoms with Crippen LogP contribution in [0.25, 0.3) is 0 Å². The van der Waals surface area contributed by atoms with Gasteiger partial charge in [0.15, 0.2) is 0 Å². The number of hydrogen-bond acceptors (Lipinski definition) is 6. The summed E-state index contributed by atoms with van der Waals surface area (Å²) in [7, 11) is 0. The maximum atomic E-state index is 13.2. The van der Waals surface area contributed by atoms with Crippen molar-refractivity contribution in [3.63, 3.8) is 0 Å². The molecule has 0 heterocycles. The van der Waals surface area contributed by atoms with Gasteiger partial charge in [0, 0.05) is 0 Å². The van der Waals surface area contributed by atoms with E-state index in [-0.39, 0.29) is 18.7 Å². The molecule has 2 aromatic carbocycles. The normalized spacial score (nSPS) is 11.7. The molecule has 0 radical (unpaired) electrons. The molecule has 2 aromatic rings. The second-order valence-electron chi connectivity index (χ2n) is 14.4. The van der Waals surface area contributed by atoms with Crippen molar-refractivity contribution in [3.8, 4) is 0 Å². The minimum atomic E-state index is -2.76. The zero-order valence-corrected chi connectivity index (χ0v) is 38.0. The second kappa shape index (κ2) is 24.5. The van der Waals surface area contributed by atoms with Crippen molar-refractivity contribution in [2.75, 3.05) is 0 Å². The molecule has 2 rings (SSSR count). The molecule has 1 N–H and O–H groups in total. The SMILES string of the molecule is CCC[CH2][Sn]([CH2]CCC)([CH2]CCC)[c]1cccc(C(=O)OC(=N)CCC(=O)OC(=O)c2ccc[c]([Sn]([CH2]CCC)([CH2]CCC)[CH2]CCC)c2)c1. The van der Waals surface area contributed by atoms with Crippen molar-refractivity contribution in [3.05, 3.63) is 59.7 Å². The Labute approximate surface area is 312 Å². The van der Waals surface area contributed by atoms with E-state index in [9.17, 15) is 14.4 Å². The molecule has 6 nitrogen and oxygen atoms in total. The summed E-state index contributed by atoms with van der Waals surface area (Å²) in [6, 6.07) is 15.9. The molecule has 0 amide bonds. The number of ether oxygens (including phenoxy) is 2. The Morgan fingerprint density at radius 3 is 1.20 bits per heavy atom. The zero-order chi connectivity index (χ0) is 36.8. The molecule has 0 unspecified atom stereocenters. The van der Waals surface area contributed by atoms with Crippen molar-refractivity contribution >= 4 is 67.7 Å². The predicted molar refractivity (Wildman–Crippen MR) is 215 cm³/mol. The number of hydrogen-bond donors (Lipinski definition) is 1.